The summed E-state index contributed by atoms with van der Waals surface area (Å²) in [7, 11) is 0. The van der Waals surface area contributed by atoms with E-state index in [1.54, 1.807) is 0 Å². The highest BCUT2D eigenvalue weighted by Gasteiger charge is 2.20. The van der Waals surface area contributed by atoms with Crippen LogP contribution in [0.5, 0.6) is 5.75 Å². The van der Waals surface area contributed by atoms with Gasteiger partial charge in [0, 0.05) is 6.04 Å². The Labute approximate surface area is 104 Å². The second-order valence-corrected chi connectivity index (χ2v) is 5.10. The van der Waals surface area contributed by atoms with Gasteiger partial charge < -0.3 is 10.5 Å². The quantitative estimate of drug-likeness (QED) is 0.785. The Morgan fingerprint density at radius 2 is 2.00 bits per heavy atom. The number of ether oxygens (including phenoxy) is 1. The van der Waals surface area contributed by atoms with E-state index < -0.39 is 0 Å². The molecule has 1 saturated carbocycles. The summed E-state index contributed by atoms with van der Waals surface area (Å²) in [4.78, 5) is 0. The molecule has 1 fully saturated rings. The topological polar surface area (TPSA) is 35.2 Å². The molecule has 2 nitrogen and oxygen atoms in total. The summed E-state index contributed by atoms with van der Waals surface area (Å²) >= 11 is 0. The van der Waals surface area contributed by atoms with Gasteiger partial charge in [0.1, 0.15) is 5.75 Å². The lowest BCUT2D eigenvalue weighted by molar-refractivity contribution is 0.302. The van der Waals surface area contributed by atoms with Gasteiger partial charge in [-0.3, -0.25) is 0 Å². The third-order valence-corrected chi connectivity index (χ3v) is 3.44. The number of benzene rings is 1. The van der Waals surface area contributed by atoms with Crippen LogP contribution in [0.2, 0.25) is 0 Å². The molecule has 1 aliphatic rings. The molecule has 1 aromatic rings. The van der Waals surface area contributed by atoms with Crippen LogP contribution in [-0.2, 0) is 6.42 Å². The van der Waals surface area contributed by atoms with Crippen molar-refractivity contribution in [3.8, 4) is 5.75 Å². The largest absolute Gasteiger partial charge is 0.494 e. The monoisotopic (exact) mass is 233 g/mol. The number of nitrogens with two attached hydrogens (primary N) is 1. The van der Waals surface area contributed by atoms with Gasteiger partial charge in [0.2, 0.25) is 0 Å². The van der Waals surface area contributed by atoms with E-state index in [1.807, 2.05) is 0 Å². The Hall–Kier alpha value is -1.02. The minimum absolute atomic E-state index is 0.275. The van der Waals surface area contributed by atoms with E-state index in [-0.39, 0.29) is 6.04 Å². The molecule has 0 heterocycles. The zero-order valence-corrected chi connectivity index (χ0v) is 10.7. The van der Waals surface area contributed by atoms with Crippen LogP contribution in [0.4, 0.5) is 0 Å². The molecule has 0 aromatic heterocycles. The highest BCUT2D eigenvalue weighted by Crippen LogP contribution is 2.32. The van der Waals surface area contributed by atoms with Crippen molar-refractivity contribution in [3.63, 3.8) is 0 Å². The molecule has 2 heteroatoms. The summed E-state index contributed by atoms with van der Waals surface area (Å²) in [5.74, 6) is 1.93. The van der Waals surface area contributed by atoms with Crippen molar-refractivity contribution in [2.24, 2.45) is 11.7 Å². The summed E-state index contributed by atoms with van der Waals surface area (Å²) in [5.41, 5.74) is 7.23. The molecule has 2 rings (SSSR count). The van der Waals surface area contributed by atoms with Crippen LogP contribution in [0.25, 0.3) is 0 Å². The van der Waals surface area contributed by atoms with Crippen LogP contribution in [0.1, 0.15) is 38.2 Å². The van der Waals surface area contributed by atoms with E-state index >= 15 is 0 Å². The molecule has 0 aliphatic heterocycles. The van der Waals surface area contributed by atoms with E-state index in [1.165, 1.54) is 24.8 Å². The molecule has 0 amide bonds. The van der Waals surface area contributed by atoms with Crippen LogP contribution in [-0.4, -0.2) is 12.6 Å². The molecule has 0 spiro atoms. The zero-order valence-electron chi connectivity index (χ0n) is 10.7. The molecule has 0 saturated heterocycles. The Kier molecular flexibility index (Phi) is 4.43. The van der Waals surface area contributed by atoms with Crippen molar-refractivity contribution in [3.05, 3.63) is 29.8 Å². The molecule has 1 aromatic carbocycles. The summed E-state index contributed by atoms with van der Waals surface area (Å²) in [6, 6.07) is 8.65. The van der Waals surface area contributed by atoms with Gasteiger partial charge in [0.25, 0.3) is 0 Å². The SMILES string of the molecule is CCC(N)Cc1ccc(OCCC2CC2)cc1. The van der Waals surface area contributed by atoms with Crippen molar-refractivity contribution in [1.82, 2.24) is 0 Å². The summed E-state index contributed by atoms with van der Waals surface area (Å²) in [5, 5.41) is 0. The van der Waals surface area contributed by atoms with Crippen molar-refractivity contribution < 1.29 is 4.74 Å². The van der Waals surface area contributed by atoms with Gasteiger partial charge in [-0.05, 0) is 42.9 Å². The van der Waals surface area contributed by atoms with Crippen LogP contribution in [0, 0.1) is 5.92 Å². The van der Waals surface area contributed by atoms with Gasteiger partial charge in [0.05, 0.1) is 6.61 Å². The van der Waals surface area contributed by atoms with Gasteiger partial charge in [0.15, 0.2) is 0 Å². The van der Waals surface area contributed by atoms with E-state index in [0.717, 1.165) is 31.1 Å². The Bertz CT molecular complexity index is 329. The molecule has 0 radical (unpaired) electrons. The van der Waals surface area contributed by atoms with Crippen molar-refractivity contribution in [2.45, 2.75) is 45.1 Å². The van der Waals surface area contributed by atoms with Gasteiger partial charge in [-0.25, -0.2) is 0 Å². The molecule has 1 unspecified atom stereocenters. The van der Waals surface area contributed by atoms with E-state index in [9.17, 15) is 0 Å². The Morgan fingerprint density at radius 3 is 2.59 bits per heavy atom. The fourth-order valence-corrected chi connectivity index (χ4v) is 1.92. The third-order valence-electron chi connectivity index (χ3n) is 3.44. The fraction of sp³-hybridized carbons (Fsp3) is 0.600. The van der Waals surface area contributed by atoms with Crippen LogP contribution < -0.4 is 10.5 Å². The van der Waals surface area contributed by atoms with Gasteiger partial charge in [-0.15, -0.1) is 0 Å². The minimum atomic E-state index is 0.275. The number of hydrogen-bond acceptors (Lipinski definition) is 2. The predicted octanol–water partition coefficient (Wildman–Crippen LogP) is 3.15. The number of rotatable bonds is 7. The smallest absolute Gasteiger partial charge is 0.119 e. The molecule has 2 N–H and O–H groups in total. The molecule has 17 heavy (non-hydrogen) atoms. The first kappa shape index (κ1) is 12.4. The van der Waals surface area contributed by atoms with E-state index in [4.69, 9.17) is 10.5 Å². The maximum Gasteiger partial charge on any atom is 0.119 e. The highest BCUT2D eigenvalue weighted by atomic mass is 16.5. The lowest BCUT2D eigenvalue weighted by Gasteiger charge is -2.10. The zero-order chi connectivity index (χ0) is 12.1. The molecule has 1 aliphatic carbocycles. The van der Waals surface area contributed by atoms with Crippen LogP contribution in [0.15, 0.2) is 24.3 Å². The van der Waals surface area contributed by atoms with Gasteiger partial charge in [-0.2, -0.15) is 0 Å². The standard InChI is InChI=1S/C15H23NO/c1-2-14(16)11-13-5-7-15(8-6-13)17-10-9-12-3-4-12/h5-8,12,14H,2-4,9-11,16H2,1H3. The van der Waals surface area contributed by atoms with Crippen molar-refractivity contribution in [2.75, 3.05) is 6.61 Å². The normalized spacial score (nSPS) is 16.8. The molecule has 0 bridgehead atoms. The van der Waals surface area contributed by atoms with Crippen LogP contribution >= 0.6 is 0 Å². The summed E-state index contributed by atoms with van der Waals surface area (Å²) in [6.45, 7) is 2.98. The first-order valence-electron chi connectivity index (χ1n) is 6.75. The predicted molar refractivity (Wildman–Crippen MR) is 71.2 cm³/mol. The maximum absolute atomic E-state index is 5.93. The molecule has 1 atom stereocenters. The first-order chi connectivity index (χ1) is 8.28. The number of hydrogen-bond donors (Lipinski definition) is 1. The Morgan fingerprint density at radius 1 is 1.29 bits per heavy atom. The van der Waals surface area contributed by atoms with Gasteiger partial charge >= 0.3 is 0 Å². The second kappa shape index (κ2) is 6.06. The second-order valence-electron chi connectivity index (χ2n) is 5.10. The van der Waals surface area contributed by atoms with Crippen molar-refractivity contribution >= 4 is 0 Å². The molecular formula is C15H23NO. The lowest BCUT2D eigenvalue weighted by atomic mass is 10.0. The average molecular weight is 233 g/mol. The fourth-order valence-electron chi connectivity index (χ4n) is 1.92. The van der Waals surface area contributed by atoms with Crippen molar-refractivity contribution in [1.29, 1.82) is 0 Å². The lowest BCUT2D eigenvalue weighted by Crippen LogP contribution is -2.21. The molecular weight excluding hydrogens is 210 g/mol. The summed E-state index contributed by atoms with van der Waals surface area (Å²) < 4.78 is 5.71. The Balaban J connectivity index is 1.75. The van der Waals surface area contributed by atoms with Gasteiger partial charge in [-0.1, -0.05) is 31.9 Å². The highest BCUT2D eigenvalue weighted by molar-refractivity contribution is 5.27. The first-order valence-corrected chi connectivity index (χ1v) is 6.75. The maximum atomic E-state index is 5.93. The van der Waals surface area contributed by atoms with E-state index in [2.05, 4.69) is 31.2 Å². The molecule has 94 valence electrons. The van der Waals surface area contributed by atoms with Crippen LogP contribution in [0.3, 0.4) is 0 Å². The third kappa shape index (κ3) is 4.39. The summed E-state index contributed by atoms with van der Waals surface area (Å²) in [6.07, 6.45) is 6.00. The van der Waals surface area contributed by atoms with E-state index in [0.29, 0.717) is 0 Å². The minimum Gasteiger partial charge on any atom is -0.494 e. The average Bonchev–Trinajstić information content (AvgIpc) is 3.15.